The largest absolute Gasteiger partial charge is 0.508 e. The topological polar surface area (TPSA) is 62.9 Å². The lowest BCUT2D eigenvalue weighted by Gasteiger charge is -2.26. The summed E-state index contributed by atoms with van der Waals surface area (Å²) in [6.45, 7) is 3.87. The lowest BCUT2D eigenvalue weighted by atomic mass is 10.1. The number of fused-ring (bicyclic) bond motifs is 1. The maximum absolute atomic E-state index is 12.3. The van der Waals surface area contributed by atoms with Gasteiger partial charge in [-0.15, -0.1) is 0 Å². The monoisotopic (exact) mass is 365 g/mol. The number of aromatic hydroxyl groups is 1. The summed E-state index contributed by atoms with van der Waals surface area (Å²) in [6, 6.07) is 13.5. The molecule has 1 fully saturated rings. The predicted molar refractivity (Wildman–Crippen MR) is 105 cm³/mol. The van der Waals surface area contributed by atoms with E-state index in [0.29, 0.717) is 23.3 Å². The molecule has 4 rings (SSSR count). The Balaban J connectivity index is 1.51. The van der Waals surface area contributed by atoms with Crippen molar-refractivity contribution >= 4 is 11.0 Å². The average molecular weight is 365 g/mol. The molecule has 27 heavy (non-hydrogen) atoms. The number of hydrogen-bond donors (Lipinski definition) is 1. The van der Waals surface area contributed by atoms with Crippen LogP contribution in [0.4, 0.5) is 0 Å². The standard InChI is InChI=1S/C22H23NO4/c24-17-7-8-19-20(25)15-21(27-22(19)14-17)16-5-4-6-18(13-16)26-12-11-23-9-2-1-3-10-23/h4-8,13-15,24H,1-3,9-12H2. The van der Waals surface area contributed by atoms with Crippen molar-refractivity contribution in [3.8, 4) is 22.8 Å². The highest BCUT2D eigenvalue weighted by Crippen LogP contribution is 2.27. The second kappa shape index (κ2) is 7.84. The third-order valence-corrected chi connectivity index (χ3v) is 4.96. The van der Waals surface area contributed by atoms with Gasteiger partial charge >= 0.3 is 0 Å². The Kier molecular flexibility index (Phi) is 5.12. The Hall–Kier alpha value is -2.79. The van der Waals surface area contributed by atoms with Gasteiger partial charge in [0.2, 0.25) is 0 Å². The van der Waals surface area contributed by atoms with E-state index >= 15 is 0 Å². The van der Waals surface area contributed by atoms with Crippen molar-refractivity contribution in [2.75, 3.05) is 26.2 Å². The van der Waals surface area contributed by atoms with Crippen LogP contribution in [0.25, 0.3) is 22.3 Å². The first-order valence-electron chi connectivity index (χ1n) is 9.41. The fourth-order valence-electron chi connectivity index (χ4n) is 3.50. The van der Waals surface area contributed by atoms with Crippen molar-refractivity contribution in [3.05, 3.63) is 58.8 Å². The van der Waals surface area contributed by atoms with Gasteiger partial charge in [0.15, 0.2) is 5.43 Å². The molecule has 0 unspecified atom stereocenters. The number of phenols is 1. The second-order valence-electron chi connectivity index (χ2n) is 6.93. The maximum atomic E-state index is 12.3. The minimum absolute atomic E-state index is 0.0672. The number of ether oxygens (including phenoxy) is 1. The van der Waals surface area contributed by atoms with Gasteiger partial charge < -0.3 is 14.3 Å². The number of piperidine rings is 1. The third-order valence-electron chi connectivity index (χ3n) is 4.96. The molecule has 140 valence electrons. The average Bonchev–Trinajstić information content (AvgIpc) is 2.68. The van der Waals surface area contributed by atoms with Crippen LogP contribution in [-0.4, -0.2) is 36.2 Å². The molecule has 0 atom stereocenters. The molecule has 1 saturated heterocycles. The molecule has 2 aromatic carbocycles. The van der Waals surface area contributed by atoms with Crippen molar-refractivity contribution in [3.63, 3.8) is 0 Å². The molecule has 0 spiro atoms. The van der Waals surface area contributed by atoms with Gasteiger partial charge in [-0.1, -0.05) is 18.6 Å². The molecule has 1 aliphatic heterocycles. The molecule has 3 aromatic rings. The van der Waals surface area contributed by atoms with Gasteiger partial charge in [-0.2, -0.15) is 0 Å². The van der Waals surface area contributed by atoms with Gasteiger partial charge in [0.05, 0.1) is 5.39 Å². The Morgan fingerprint density at radius 3 is 2.74 bits per heavy atom. The van der Waals surface area contributed by atoms with Crippen LogP contribution in [0.3, 0.4) is 0 Å². The van der Waals surface area contributed by atoms with Crippen molar-refractivity contribution in [1.29, 1.82) is 0 Å². The summed E-state index contributed by atoms with van der Waals surface area (Å²) in [5.41, 5.74) is 1.00. The molecule has 0 saturated carbocycles. The van der Waals surface area contributed by atoms with E-state index in [1.807, 2.05) is 24.3 Å². The van der Waals surface area contributed by atoms with Crippen LogP contribution >= 0.6 is 0 Å². The van der Waals surface area contributed by atoms with E-state index in [9.17, 15) is 9.90 Å². The normalized spacial score (nSPS) is 15.1. The van der Waals surface area contributed by atoms with E-state index in [1.165, 1.54) is 37.5 Å². The number of likely N-dealkylation sites (tertiary alicyclic amines) is 1. The Morgan fingerprint density at radius 2 is 1.89 bits per heavy atom. The minimum Gasteiger partial charge on any atom is -0.508 e. The van der Waals surface area contributed by atoms with Crippen molar-refractivity contribution < 1.29 is 14.3 Å². The summed E-state index contributed by atoms with van der Waals surface area (Å²) in [5.74, 6) is 1.28. The molecular weight excluding hydrogens is 342 g/mol. The number of nitrogens with zero attached hydrogens (tertiary/aromatic N) is 1. The van der Waals surface area contributed by atoms with Crippen molar-refractivity contribution in [2.24, 2.45) is 0 Å². The lowest BCUT2D eigenvalue weighted by molar-refractivity contribution is 0.183. The minimum atomic E-state index is -0.136. The number of phenolic OH excluding ortho intramolecular Hbond substituents is 1. The van der Waals surface area contributed by atoms with Gasteiger partial charge in [-0.25, -0.2) is 0 Å². The molecular formula is C22H23NO4. The zero-order chi connectivity index (χ0) is 18.6. The molecule has 0 radical (unpaired) electrons. The van der Waals surface area contributed by atoms with Crippen molar-refractivity contribution in [2.45, 2.75) is 19.3 Å². The van der Waals surface area contributed by atoms with E-state index in [0.717, 1.165) is 30.9 Å². The smallest absolute Gasteiger partial charge is 0.193 e. The SMILES string of the molecule is O=c1cc(-c2cccc(OCCN3CCCCC3)c2)oc2cc(O)ccc12. The van der Waals surface area contributed by atoms with E-state index < -0.39 is 0 Å². The molecule has 1 aromatic heterocycles. The molecule has 1 aliphatic rings. The fourth-order valence-corrected chi connectivity index (χ4v) is 3.50. The zero-order valence-electron chi connectivity index (χ0n) is 15.2. The summed E-state index contributed by atoms with van der Waals surface area (Å²) >= 11 is 0. The molecule has 1 N–H and O–H groups in total. The van der Waals surface area contributed by atoms with Crippen LogP contribution in [0.5, 0.6) is 11.5 Å². The third kappa shape index (κ3) is 4.14. The van der Waals surface area contributed by atoms with Crippen LogP contribution in [-0.2, 0) is 0 Å². The van der Waals surface area contributed by atoms with Crippen LogP contribution in [0.1, 0.15) is 19.3 Å². The van der Waals surface area contributed by atoms with Crippen molar-refractivity contribution in [1.82, 2.24) is 4.90 Å². The van der Waals surface area contributed by atoms with Gasteiger partial charge in [0.1, 0.15) is 29.4 Å². The van der Waals surface area contributed by atoms with Crippen LogP contribution in [0.15, 0.2) is 57.7 Å². The van der Waals surface area contributed by atoms with Crippen LogP contribution < -0.4 is 10.2 Å². The summed E-state index contributed by atoms with van der Waals surface area (Å²) in [6.07, 6.45) is 3.87. The first-order chi connectivity index (χ1) is 13.2. The van der Waals surface area contributed by atoms with Gasteiger partial charge in [0.25, 0.3) is 0 Å². The maximum Gasteiger partial charge on any atom is 0.193 e. The van der Waals surface area contributed by atoms with Gasteiger partial charge in [-0.3, -0.25) is 9.69 Å². The number of benzene rings is 2. The van der Waals surface area contributed by atoms with Gasteiger partial charge in [0, 0.05) is 24.2 Å². The molecule has 0 aliphatic carbocycles. The summed E-state index contributed by atoms with van der Waals surface area (Å²) in [5, 5.41) is 10.1. The highest BCUT2D eigenvalue weighted by Gasteiger charge is 2.11. The van der Waals surface area contributed by atoms with E-state index in [-0.39, 0.29) is 11.2 Å². The first kappa shape index (κ1) is 17.6. The summed E-state index contributed by atoms with van der Waals surface area (Å²) in [4.78, 5) is 14.8. The highest BCUT2D eigenvalue weighted by molar-refractivity contribution is 5.80. The highest BCUT2D eigenvalue weighted by atomic mass is 16.5. The quantitative estimate of drug-likeness (QED) is 0.740. The summed E-state index contributed by atoms with van der Waals surface area (Å²) < 4.78 is 11.7. The zero-order valence-corrected chi connectivity index (χ0v) is 15.2. The van der Waals surface area contributed by atoms with Crippen LogP contribution in [0.2, 0.25) is 0 Å². The molecule has 5 nitrogen and oxygen atoms in total. The number of hydrogen-bond acceptors (Lipinski definition) is 5. The van der Waals surface area contributed by atoms with E-state index in [4.69, 9.17) is 9.15 Å². The Bertz CT molecular complexity index is 989. The van der Waals surface area contributed by atoms with Gasteiger partial charge in [-0.05, 0) is 50.2 Å². The van der Waals surface area contributed by atoms with E-state index in [1.54, 1.807) is 6.07 Å². The second-order valence-corrected chi connectivity index (χ2v) is 6.93. The molecule has 0 amide bonds. The Labute approximate surface area is 157 Å². The fraction of sp³-hybridized carbons (Fsp3) is 0.318. The molecule has 5 heteroatoms. The lowest BCUT2D eigenvalue weighted by Crippen LogP contribution is -2.33. The number of rotatable bonds is 5. The first-order valence-corrected chi connectivity index (χ1v) is 9.41. The van der Waals surface area contributed by atoms with Crippen LogP contribution in [0, 0.1) is 0 Å². The molecule has 2 heterocycles. The predicted octanol–water partition coefficient (Wildman–Crippen LogP) is 4.03. The van der Waals surface area contributed by atoms with E-state index in [2.05, 4.69) is 4.90 Å². The summed E-state index contributed by atoms with van der Waals surface area (Å²) in [7, 11) is 0. The Morgan fingerprint density at radius 1 is 1.04 bits per heavy atom. The molecule has 0 bridgehead atoms.